The molecule has 1 atom stereocenters. The second-order valence-corrected chi connectivity index (χ2v) is 4.01. The average molecular weight is 220 g/mol. The summed E-state index contributed by atoms with van der Waals surface area (Å²) in [6, 6.07) is 7.62. The Balaban J connectivity index is 2.17. The Morgan fingerprint density at radius 3 is 3.00 bits per heavy atom. The minimum atomic E-state index is -0.235. The van der Waals surface area contributed by atoms with Crippen LogP contribution in [-0.2, 0) is 4.74 Å². The van der Waals surface area contributed by atoms with Gasteiger partial charge in [-0.05, 0) is 31.0 Å². The minimum Gasteiger partial charge on any atom is -0.449 e. The van der Waals surface area contributed by atoms with E-state index in [1.165, 1.54) is 0 Å². The van der Waals surface area contributed by atoms with Crippen LogP contribution in [0.25, 0.3) is 0 Å². The molecule has 4 heteroatoms. The molecule has 1 aromatic rings. The predicted octanol–water partition coefficient (Wildman–Crippen LogP) is 2.17. The summed E-state index contributed by atoms with van der Waals surface area (Å²) in [4.78, 5) is 13.3. The van der Waals surface area contributed by atoms with E-state index in [2.05, 4.69) is 0 Å². The molecule has 1 aliphatic heterocycles. The largest absolute Gasteiger partial charge is 0.449 e. The number of hydrogen-bond acceptors (Lipinski definition) is 3. The molecule has 0 aliphatic carbocycles. The van der Waals surface area contributed by atoms with Crippen LogP contribution in [-0.4, -0.2) is 24.1 Å². The van der Waals surface area contributed by atoms with Crippen molar-refractivity contribution in [2.45, 2.75) is 19.4 Å². The third kappa shape index (κ3) is 2.10. The summed E-state index contributed by atoms with van der Waals surface area (Å²) < 4.78 is 5.02. The Labute approximate surface area is 95.0 Å². The van der Waals surface area contributed by atoms with Crippen molar-refractivity contribution in [3.8, 4) is 0 Å². The van der Waals surface area contributed by atoms with Crippen LogP contribution < -0.4 is 5.73 Å². The zero-order valence-electron chi connectivity index (χ0n) is 9.35. The van der Waals surface area contributed by atoms with Gasteiger partial charge in [0.2, 0.25) is 0 Å². The molecule has 1 saturated heterocycles. The number of amides is 1. The molecule has 1 unspecified atom stereocenters. The molecular formula is C12H16N2O2. The zero-order valence-corrected chi connectivity index (χ0v) is 9.35. The molecule has 1 aliphatic rings. The Hall–Kier alpha value is -1.71. The van der Waals surface area contributed by atoms with Crippen LogP contribution in [0.3, 0.4) is 0 Å². The van der Waals surface area contributed by atoms with Crippen LogP contribution in [0.4, 0.5) is 10.5 Å². The molecule has 0 bridgehead atoms. The van der Waals surface area contributed by atoms with Gasteiger partial charge in [-0.1, -0.05) is 12.1 Å². The number of nitrogen functional groups attached to an aromatic ring is 1. The number of carbonyl (C=O) groups excluding carboxylic acids is 1. The first-order chi connectivity index (χ1) is 7.68. The normalized spacial score (nSPS) is 18.1. The summed E-state index contributed by atoms with van der Waals surface area (Å²) >= 11 is 0. The van der Waals surface area contributed by atoms with Gasteiger partial charge in [0.05, 0.1) is 12.6 Å². The fourth-order valence-corrected chi connectivity index (χ4v) is 1.92. The maximum absolute atomic E-state index is 11.6. The Bertz CT molecular complexity index is 392. The summed E-state index contributed by atoms with van der Waals surface area (Å²) in [7, 11) is 0. The van der Waals surface area contributed by atoms with E-state index in [0.717, 1.165) is 24.2 Å². The standard InChI is InChI=1S/C12H16N2O2/c1-9(10-4-2-5-11(13)8-10)14-6-3-7-16-12(14)15/h2,4-5,8-9H,3,6-7,13H2,1H3. The highest BCUT2D eigenvalue weighted by Gasteiger charge is 2.25. The van der Waals surface area contributed by atoms with Gasteiger partial charge in [0.1, 0.15) is 0 Å². The number of cyclic esters (lactones) is 1. The van der Waals surface area contributed by atoms with Crippen LogP contribution in [0.15, 0.2) is 24.3 Å². The summed E-state index contributed by atoms with van der Waals surface area (Å²) in [6.45, 7) is 3.26. The van der Waals surface area contributed by atoms with E-state index in [1.54, 1.807) is 4.90 Å². The van der Waals surface area contributed by atoms with Crippen molar-refractivity contribution in [3.63, 3.8) is 0 Å². The third-order valence-electron chi connectivity index (χ3n) is 2.86. The van der Waals surface area contributed by atoms with Gasteiger partial charge in [-0.25, -0.2) is 4.79 Å². The number of benzene rings is 1. The predicted molar refractivity (Wildman–Crippen MR) is 61.9 cm³/mol. The lowest BCUT2D eigenvalue weighted by Crippen LogP contribution is -2.39. The molecule has 86 valence electrons. The van der Waals surface area contributed by atoms with E-state index < -0.39 is 0 Å². The molecule has 1 amide bonds. The van der Waals surface area contributed by atoms with E-state index >= 15 is 0 Å². The Morgan fingerprint density at radius 2 is 2.31 bits per heavy atom. The first-order valence-electron chi connectivity index (χ1n) is 5.47. The molecule has 2 rings (SSSR count). The summed E-state index contributed by atoms with van der Waals surface area (Å²) in [5.41, 5.74) is 7.48. The molecular weight excluding hydrogens is 204 g/mol. The van der Waals surface area contributed by atoms with Crippen LogP contribution in [0.2, 0.25) is 0 Å². The number of ether oxygens (including phenoxy) is 1. The SMILES string of the molecule is CC(c1cccc(N)c1)N1CCCOC1=O. The lowest BCUT2D eigenvalue weighted by molar-refractivity contribution is 0.0580. The highest BCUT2D eigenvalue weighted by atomic mass is 16.6. The quantitative estimate of drug-likeness (QED) is 0.777. The molecule has 4 nitrogen and oxygen atoms in total. The number of hydrogen-bond donors (Lipinski definition) is 1. The number of nitrogens with two attached hydrogens (primary N) is 1. The molecule has 0 spiro atoms. The van der Waals surface area contributed by atoms with Crippen molar-refractivity contribution in [1.82, 2.24) is 4.90 Å². The first kappa shape index (κ1) is 10.8. The van der Waals surface area contributed by atoms with Crippen LogP contribution in [0.1, 0.15) is 24.9 Å². The van der Waals surface area contributed by atoms with E-state index in [1.807, 2.05) is 31.2 Å². The van der Waals surface area contributed by atoms with Crippen molar-refractivity contribution >= 4 is 11.8 Å². The monoisotopic (exact) mass is 220 g/mol. The number of anilines is 1. The van der Waals surface area contributed by atoms with Crippen molar-refractivity contribution in [2.75, 3.05) is 18.9 Å². The highest BCUT2D eigenvalue weighted by Crippen LogP contribution is 2.24. The number of carbonyl (C=O) groups is 1. The minimum absolute atomic E-state index is 0.0105. The molecule has 16 heavy (non-hydrogen) atoms. The first-order valence-corrected chi connectivity index (χ1v) is 5.47. The van der Waals surface area contributed by atoms with E-state index in [4.69, 9.17) is 10.5 Å². The molecule has 0 radical (unpaired) electrons. The molecule has 1 heterocycles. The van der Waals surface area contributed by atoms with Crippen molar-refractivity contribution in [2.24, 2.45) is 0 Å². The van der Waals surface area contributed by atoms with Crippen molar-refractivity contribution in [3.05, 3.63) is 29.8 Å². The van der Waals surface area contributed by atoms with Crippen molar-refractivity contribution < 1.29 is 9.53 Å². The second kappa shape index (κ2) is 4.43. The lowest BCUT2D eigenvalue weighted by atomic mass is 10.1. The van der Waals surface area contributed by atoms with Crippen LogP contribution >= 0.6 is 0 Å². The summed E-state index contributed by atoms with van der Waals surface area (Å²) in [6.07, 6.45) is 0.652. The van der Waals surface area contributed by atoms with Gasteiger partial charge in [-0.2, -0.15) is 0 Å². The fourth-order valence-electron chi connectivity index (χ4n) is 1.92. The maximum atomic E-state index is 11.6. The maximum Gasteiger partial charge on any atom is 0.410 e. The van der Waals surface area contributed by atoms with Gasteiger partial charge in [0.25, 0.3) is 0 Å². The van der Waals surface area contributed by atoms with E-state index in [0.29, 0.717) is 6.61 Å². The van der Waals surface area contributed by atoms with Crippen LogP contribution in [0, 0.1) is 0 Å². The highest BCUT2D eigenvalue weighted by molar-refractivity contribution is 5.69. The van der Waals surface area contributed by atoms with Crippen LogP contribution in [0.5, 0.6) is 0 Å². The van der Waals surface area contributed by atoms with Crippen molar-refractivity contribution in [1.29, 1.82) is 0 Å². The van der Waals surface area contributed by atoms with Gasteiger partial charge >= 0.3 is 6.09 Å². The second-order valence-electron chi connectivity index (χ2n) is 4.01. The molecule has 2 N–H and O–H groups in total. The summed E-state index contributed by atoms with van der Waals surface area (Å²) in [5, 5.41) is 0. The Kier molecular flexibility index (Phi) is 2.99. The lowest BCUT2D eigenvalue weighted by Gasteiger charge is -2.32. The number of nitrogens with zero attached hydrogens (tertiary/aromatic N) is 1. The Morgan fingerprint density at radius 1 is 1.50 bits per heavy atom. The number of rotatable bonds is 2. The molecule has 0 aromatic heterocycles. The zero-order chi connectivity index (χ0) is 11.5. The fraction of sp³-hybridized carbons (Fsp3) is 0.417. The molecule has 1 aromatic carbocycles. The topological polar surface area (TPSA) is 55.6 Å². The van der Waals surface area contributed by atoms with E-state index in [9.17, 15) is 4.79 Å². The van der Waals surface area contributed by atoms with Gasteiger partial charge in [0.15, 0.2) is 0 Å². The molecule has 1 fully saturated rings. The average Bonchev–Trinajstić information content (AvgIpc) is 2.29. The van der Waals surface area contributed by atoms with Gasteiger partial charge < -0.3 is 15.4 Å². The molecule has 0 saturated carbocycles. The van der Waals surface area contributed by atoms with Gasteiger partial charge in [-0.3, -0.25) is 0 Å². The van der Waals surface area contributed by atoms with Gasteiger partial charge in [-0.15, -0.1) is 0 Å². The van der Waals surface area contributed by atoms with E-state index in [-0.39, 0.29) is 12.1 Å². The smallest absolute Gasteiger partial charge is 0.410 e. The third-order valence-corrected chi connectivity index (χ3v) is 2.86. The summed E-state index contributed by atoms with van der Waals surface area (Å²) in [5.74, 6) is 0. The van der Waals surface area contributed by atoms with Gasteiger partial charge in [0, 0.05) is 12.2 Å².